The number of aromatic nitrogens is 2. The molecule has 2 aromatic rings. The fourth-order valence-electron chi connectivity index (χ4n) is 3.25. The minimum absolute atomic E-state index is 0.00796. The molecule has 0 radical (unpaired) electrons. The van der Waals surface area contributed by atoms with Gasteiger partial charge in [-0.3, -0.25) is 0 Å². The molecule has 0 bridgehead atoms. The summed E-state index contributed by atoms with van der Waals surface area (Å²) in [5, 5.41) is 13.0. The summed E-state index contributed by atoms with van der Waals surface area (Å²) in [6.07, 6.45) is 3.53. The first-order chi connectivity index (χ1) is 12.5. The summed E-state index contributed by atoms with van der Waals surface area (Å²) >= 11 is 12.3. The SMILES string of the molecule is CC(Nc1cc(N2CCCC(CO)C2)ncn1)c1c(Cl)ccc(F)c1Cl. The van der Waals surface area contributed by atoms with Crippen LogP contribution in [0.2, 0.25) is 10.0 Å². The van der Waals surface area contributed by atoms with Gasteiger partial charge in [-0.15, -0.1) is 0 Å². The van der Waals surface area contributed by atoms with Gasteiger partial charge in [0.1, 0.15) is 23.8 Å². The van der Waals surface area contributed by atoms with Crippen LogP contribution >= 0.6 is 23.2 Å². The third-order valence-electron chi connectivity index (χ3n) is 4.63. The topological polar surface area (TPSA) is 61.3 Å². The number of benzene rings is 1. The Hall–Kier alpha value is -1.63. The number of nitrogens with one attached hydrogen (secondary N) is 1. The van der Waals surface area contributed by atoms with Gasteiger partial charge in [-0.05, 0) is 37.8 Å². The maximum absolute atomic E-state index is 13.8. The molecular weight excluding hydrogens is 378 g/mol. The molecule has 1 aromatic carbocycles. The van der Waals surface area contributed by atoms with Gasteiger partial charge in [0.15, 0.2) is 0 Å². The van der Waals surface area contributed by atoms with Crippen molar-refractivity contribution in [2.24, 2.45) is 5.92 Å². The Morgan fingerprint density at radius 1 is 1.38 bits per heavy atom. The molecule has 1 aliphatic rings. The lowest BCUT2D eigenvalue weighted by Gasteiger charge is -2.32. The zero-order valence-electron chi connectivity index (χ0n) is 14.4. The highest BCUT2D eigenvalue weighted by Gasteiger charge is 2.21. The molecule has 0 spiro atoms. The van der Waals surface area contributed by atoms with E-state index in [1.165, 1.54) is 18.5 Å². The van der Waals surface area contributed by atoms with Gasteiger partial charge < -0.3 is 15.3 Å². The third kappa shape index (κ3) is 4.19. The first-order valence-electron chi connectivity index (χ1n) is 8.57. The van der Waals surface area contributed by atoms with Gasteiger partial charge in [-0.25, -0.2) is 14.4 Å². The Morgan fingerprint density at radius 3 is 2.96 bits per heavy atom. The summed E-state index contributed by atoms with van der Waals surface area (Å²) in [7, 11) is 0. The van der Waals surface area contributed by atoms with Gasteiger partial charge in [0.25, 0.3) is 0 Å². The molecule has 0 aliphatic carbocycles. The number of hydrogen-bond acceptors (Lipinski definition) is 5. The van der Waals surface area contributed by atoms with Gasteiger partial charge in [-0.2, -0.15) is 0 Å². The van der Waals surface area contributed by atoms with E-state index >= 15 is 0 Å². The summed E-state index contributed by atoms with van der Waals surface area (Å²) < 4.78 is 13.8. The second-order valence-electron chi connectivity index (χ2n) is 6.52. The van der Waals surface area contributed by atoms with Crippen molar-refractivity contribution in [1.82, 2.24) is 9.97 Å². The van der Waals surface area contributed by atoms with Crippen LogP contribution < -0.4 is 10.2 Å². The van der Waals surface area contributed by atoms with Crippen molar-refractivity contribution in [2.75, 3.05) is 29.9 Å². The smallest absolute Gasteiger partial charge is 0.142 e. The monoisotopic (exact) mass is 398 g/mol. The maximum Gasteiger partial charge on any atom is 0.142 e. The molecule has 2 heterocycles. The van der Waals surface area contributed by atoms with E-state index in [-0.39, 0.29) is 23.6 Å². The first-order valence-corrected chi connectivity index (χ1v) is 9.33. The van der Waals surface area contributed by atoms with Crippen molar-refractivity contribution in [3.05, 3.63) is 46.0 Å². The van der Waals surface area contributed by atoms with E-state index in [2.05, 4.69) is 20.2 Å². The largest absolute Gasteiger partial charge is 0.396 e. The molecule has 1 aliphatic heterocycles. The molecule has 3 rings (SSSR count). The Bertz CT molecular complexity index is 777. The van der Waals surface area contributed by atoms with Crippen molar-refractivity contribution < 1.29 is 9.50 Å². The van der Waals surface area contributed by atoms with E-state index in [9.17, 15) is 9.50 Å². The van der Waals surface area contributed by atoms with Gasteiger partial charge >= 0.3 is 0 Å². The Kier molecular flexibility index (Phi) is 6.16. The molecule has 2 N–H and O–H groups in total. The van der Waals surface area contributed by atoms with Crippen molar-refractivity contribution in [3.63, 3.8) is 0 Å². The Balaban J connectivity index is 1.78. The summed E-state index contributed by atoms with van der Waals surface area (Å²) in [5.41, 5.74) is 0.492. The molecule has 1 aromatic heterocycles. The number of hydrogen-bond donors (Lipinski definition) is 2. The highest BCUT2D eigenvalue weighted by molar-refractivity contribution is 6.36. The molecule has 2 unspecified atom stereocenters. The zero-order valence-corrected chi connectivity index (χ0v) is 15.9. The average molecular weight is 399 g/mol. The molecule has 2 atom stereocenters. The van der Waals surface area contributed by atoms with E-state index in [4.69, 9.17) is 23.2 Å². The van der Waals surface area contributed by atoms with Crippen LogP contribution in [0.15, 0.2) is 24.5 Å². The van der Waals surface area contributed by atoms with Crippen LogP contribution in [-0.4, -0.2) is 34.8 Å². The number of piperidine rings is 1. The van der Waals surface area contributed by atoms with E-state index < -0.39 is 5.82 Å². The lowest BCUT2D eigenvalue weighted by atomic mass is 9.99. The second-order valence-corrected chi connectivity index (χ2v) is 7.31. The minimum atomic E-state index is -0.508. The fraction of sp³-hybridized carbons (Fsp3) is 0.444. The van der Waals surface area contributed by atoms with Crippen molar-refractivity contribution in [3.8, 4) is 0 Å². The van der Waals surface area contributed by atoms with Crippen LogP contribution in [0.4, 0.5) is 16.0 Å². The standard InChI is InChI=1S/C18H21Cl2FN4O/c1-11(17-13(19)4-5-14(21)18(17)20)24-15-7-16(23-10-22-15)25-6-2-3-12(8-25)9-26/h4-5,7,10-12,26H,2-3,6,8-9H2,1H3,(H,22,23,24). The molecule has 1 fully saturated rings. The summed E-state index contributed by atoms with van der Waals surface area (Å²) in [6, 6.07) is 4.25. The molecule has 140 valence electrons. The van der Waals surface area contributed by atoms with Crippen molar-refractivity contribution in [1.29, 1.82) is 0 Å². The quantitative estimate of drug-likeness (QED) is 0.734. The number of aliphatic hydroxyl groups excluding tert-OH is 1. The van der Waals surface area contributed by atoms with Crippen LogP contribution in [0.5, 0.6) is 0 Å². The minimum Gasteiger partial charge on any atom is -0.396 e. The Labute approximate surface area is 162 Å². The van der Waals surface area contributed by atoms with Gasteiger partial charge in [-0.1, -0.05) is 23.2 Å². The number of anilines is 2. The molecular formula is C18H21Cl2FN4O. The maximum atomic E-state index is 13.8. The number of aliphatic hydroxyl groups is 1. The Morgan fingerprint density at radius 2 is 2.19 bits per heavy atom. The molecule has 8 heteroatoms. The van der Waals surface area contributed by atoms with Crippen LogP contribution in [-0.2, 0) is 0 Å². The number of rotatable bonds is 5. The lowest BCUT2D eigenvalue weighted by Crippen LogP contribution is -2.37. The molecule has 26 heavy (non-hydrogen) atoms. The highest BCUT2D eigenvalue weighted by atomic mass is 35.5. The lowest BCUT2D eigenvalue weighted by molar-refractivity contribution is 0.208. The highest BCUT2D eigenvalue weighted by Crippen LogP contribution is 2.34. The molecule has 0 saturated carbocycles. The summed E-state index contributed by atoms with van der Waals surface area (Å²) in [6.45, 7) is 3.69. The summed E-state index contributed by atoms with van der Waals surface area (Å²) in [5.74, 6) is 1.15. The summed E-state index contributed by atoms with van der Waals surface area (Å²) in [4.78, 5) is 10.7. The molecule has 0 amide bonds. The van der Waals surface area contributed by atoms with Gasteiger partial charge in [0, 0.05) is 36.3 Å². The third-order valence-corrected chi connectivity index (χ3v) is 5.34. The molecule has 1 saturated heterocycles. The van der Waals surface area contributed by atoms with Crippen LogP contribution in [0.25, 0.3) is 0 Å². The average Bonchev–Trinajstić information content (AvgIpc) is 2.65. The van der Waals surface area contributed by atoms with E-state index in [0.717, 1.165) is 31.7 Å². The van der Waals surface area contributed by atoms with Crippen LogP contribution in [0.1, 0.15) is 31.4 Å². The number of halogens is 3. The van der Waals surface area contributed by atoms with E-state index in [1.807, 2.05) is 13.0 Å². The first kappa shape index (κ1) is 19.1. The zero-order chi connectivity index (χ0) is 18.7. The van der Waals surface area contributed by atoms with Crippen molar-refractivity contribution >= 4 is 34.8 Å². The molecule has 5 nitrogen and oxygen atoms in total. The van der Waals surface area contributed by atoms with Crippen LogP contribution in [0.3, 0.4) is 0 Å². The van der Waals surface area contributed by atoms with Crippen LogP contribution in [0, 0.1) is 11.7 Å². The van der Waals surface area contributed by atoms with Gasteiger partial charge in [0.2, 0.25) is 0 Å². The van der Waals surface area contributed by atoms with E-state index in [0.29, 0.717) is 16.4 Å². The predicted molar refractivity (Wildman–Crippen MR) is 103 cm³/mol. The van der Waals surface area contributed by atoms with Crippen molar-refractivity contribution in [2.45, 2.75) is 25.8 Å². The van der Waals surface area contributed by atoms with E-state index in [1.54, 1.807) is 0 Å². The second kappa shape index (κ2) is 8.37. The number of nitrogens with zero attached hydrogens (tertiary/aromatic N) is 3. The fourth-order valence-corrected chi connectivity index (χ4v) is 3.95. The van der Waals surface area contributed by atoms with Gasteiger partial charge in [0.05, 0.1) is 11.1 Å². The normalized spacial score (nSPS) is 18.7. The predicted octanol–water partition coefficient (Wildman–Crippen LogP) is 4.30.